The molecule has 0 amide bonds. The number of aromatic nitrogens is 1. The summed E-state index contributed by atoms with van der Waals surface area (Å²) < 4.78 is 18.2. The Morgan fingerprint density at radius 2 is 2.00 bits per heavy atom. The molecule has 0 saturated heterocycles. The van der Waals surface area contributed by atoms with Gasteiger partial charge in [0.1, 0.15) is 6.10 Å². The van der Waals surface area contributed by atoms with Crippen LogP contribution < -0.4 is 0 Å². The van der Waals surface area contributed by atoms with Crippen molar-refractivity contribution in [2.75, 3.05) is 0 Å². The second-order valence-electron chi connectivity index (χ2n) is 4.39. The number of nitrogens with zero attached hydrogens (tertiary/aromatic N) is 1. The molecule has 92 valence electrons. The van der Waals surface area contributed by atoms with Gasteiger partial charge in [-0.2, -0.15) is 4.39 Å². The van der Waals surface area contributed by atoms with Crippen LogP contribution in [-0.2, 0) is 4.74 Å². The molecule has 3 nitrogen and oxygen atoms in total. The maximum Gasteiger partial charge on any atom is 0.338 e. The van der Waals surface area contributed by atoms with Gasteiger partial charge in [0.25, 0.3) is 0 Å². The number of pyridine rings is 1. The first-order valence-electron chi connectivity index (χ1n) is 6.08. The number of carbonyl (C=O) groups is 1. The number of ether oxygens (including phenoxy) is 1. The normalized spacial score (nSPS) is 17.5. The molecular formula is C13H16FNO2. The SMILES string of the molecule is O=C(OC1CCCCCC1)c1ccnc(F)c1. The molecule has 1 fully saturated rings. The second kappa shape index (κ2) is 5.75. The van der Waals surface area contributed by atoms with Crippen LogP contribution in [0.4, 0.5) is 4.39 Å². The quantitative estimate of drug-likeness (QED) is 0.450. The van der Waals surface area contributed by atoms with Crippen molar-refractivity contribution in [2.24, 2.45) is 0 Å². The summed E-state index contributed by atoms with van der Waals surface area (Å²) in [6.45, 7) is 0. The van der Waals surface area contributed by atoms with Gasteiger partial charge < -0.3 is 4.74 Å². The maximum absolute atomic E-state index is 12.9. The van der Waals surface area contributed by atoms with Gasteiger partial charge in [0.05, 0.1) is 5.56 Å². The Morgan fingerprint density at radius 3 is 2.65 bits per heavy atom. The van der Waals surface area contributed by atoms with E-state index in [1.165, 1.54) is 25.1 Å². The third kappa shape index (κ3) is 3.51. The van der Waals surface area contributed by atoms with Gasteiger partial charge in [0, 0.05) is 12.3 Å². The van der Waals surface area contributed by atoms with Gasteiger partial charge in [0.2, 0.25) is 5.95 Å². The van der Waals surface area contributed by atoms with E-state index in [2.05, 4.69) is 4.98 Å². The van der Waals surface area contributed by atoms with Crippen molar-refractivity contribution in [1.82, 2.24) is 4.98 Å². The minimum Gasteiger partial charge on any atom is -0.459 e. The van der Waals surface area contributed by atoms with Crippen molar-refractivity contribution in [3.63, 3.8) is 0 Å². The molecule has 0 unspecified atom stereocenters. The number of carbonyl (C=O) groups excluding carboxylic acids is 1. The van der Waals surface area contributed by atoms with Gasteiger partial charge in [0.15, 0.2) is 0 Å². The van der Waals surface area contributed by atoms with Crippen molar-refractivity contribution in [2.45, 2.75) is 44.6 Å². The molecule has 1 aliphatic rings. The van der Waals surface area contributed by atoms with E-state index < -0.39 is 11.9 Å². The van der Waals surface area contributed by atoms with Crippen molar-refractivity contribution in [3.05, 3.63) is 29.8 Å². The fourth-order valence-corrected chi connectivity index (χ4v) is 2.11. The third-order valence-corrected chi connectivity index (χ3v) is 3.04. The molecule has 0 radical (unpaired) electrons. The molecule has 17 heavy (non-hydrogen) atoms. The largest absolute Gasteiger partial charge is 0.459 e. The number of halogens is 1. The molecule has 1 aromatic heterocycles. The summed E-state index contributed by atoms with van der Waals surface area (Å²) in [6.07, 6.45) is 7.71. The average molecular weight is 237 g/mol. The van der Waals surface area contributed by atoms with Gasteiger partial charge in [-0.3, -0.25) is 0 Å². The molecule has 0 N–H and O–H groups in total. The number of esters is 1. The van der Waals surface area contributed by atoms with Gasteiger partial charge in [-0.1, -0.05) is 12.8 Å². The smallest absolute Gasteiger partial charge is 0.338 e. The Labute approximate surface area is 100 Å². The first-order chi connectivity index (χ1) is 8.25. The molecule has 1 heterocycles. The second-order valence-corrected chi connectivity index (χ2v) is 4.39. The van der Waals surface area contributed by atoms with Crippen LogP contribution in [0.3, 0.4) is 0 Å². The standard InChI is InChI=1S/C13H16FNO2/c14-12-9-10(7-8-15-12)13(16)17-11-5-3-1-2-4-6-11/h7-9,11H,1-6H2. The minimum absolute atomic E-state index is 0.0128. The van der Waals surface area contributed by atoms with Crippen molar-refractivity contribution in [3.8, 4) is 0 Å². The van der Waals surface area contributed by atoms with Crippen molar-refractivity contribution in [1.29, 1.82) is 0 Å². The predicted molar refractivity (Wildman–Crippen MR) is 61.1 cm³/mol. The summed E-state index contributed by atoms with van der Waals surface area (Å²) in [5.41, 5.74) is 0.238. The number of rotatable bonds is 2. The van der Waals surface area contributed by atoms with Crippen molar-refractivity contribution >= 4 is 5.97 Å². The Morgan fingerprint density at radius 1 is 1.29 bits per heavy atom. The van der Waals surface area contributed by atoms with E-state index in [-0.39, 0.29) is 11.7 Å². The molecule has 4 heteroatoms. The molecule has 0 bridgehead atoms. The predicted octanol–water partition coefficient (Wildman–Crippen LogP) is 3.10. The molecule has 0 spiro atoms. The van der Waals surface area contributed by atoms with Crippen LogP contribution in [0.25, 0.3) is 0 Å². The topological polar surface area (TPSA) is 39.2 Å². The van der Waals surface area contributed by atoms with Gasteiger partial charge in [-0.15, -0.1) is 0 Å². The zero-order valence-electron chi connectivity index (χ0n) is 9.69. The molecule has 1 saturated carbocycles. The van der Waals surface area contributed by atoms with Crippen LogP contribution in [-0.4, -0.2) is 17.1 Å². The van der Waals surface area contributed by atoms with Gasteiger partial charge >= 0.3 is 5.97 Å². The lowest BCUT2D eigenvalue weighted by atomic mass is 10.1. The van der Waals surface area contributed by atoms with Gasteiger partial charge in [-0.05, 0) is 31.7 Å². The summed E-state index contributed by atoms with van der Waals surface area (Å²) in [4.78, 5) is 15.2. The van der Waals surface area contributed by atoms with Crippen LogP contribution in [0, 0.1) is 5.95 Å². The average Bonchev–Trinajstić information content (AvgIpc) is 2.57. The van der Waals surface area contributed by atoms with Crippen LogP contribution in [0.2, 0.25) is 0 Å². The molecule has 2 rings (SSSR count). The Bertz CT molecular complexity index is 387. The number of hydrogen-bond acceptors (Lipinski definition) is 3. The Kier molecular flexibility index (Phi) is 4.07. The summed E-state index contributed by atoms with van der Waals surface area (Å²) in [5.74, 6) is -1.10. The van der Waals surface area contributed by atoms with E-state index >= 15 is 0 Å². The summed E-state index contributed by atoms with van der Waals surface area (Å²) >= 11 is 0. The summed E-state index contributed by atoms with van der Waals surface area (Å²) in [5, 5.41) is 0. The van der Waals surface area contributed by atoms with E-state index in [4.69, 9.17) is 4.74 Å². The Balaban J connectivity index is 1.96. The molecule has 1 aliphatic carbocycles. The summed E-state index contributed by atoms with van der Waals surface area (Å²) in [7, 11) is 0. The van der Waals surface area contributed by atoms with E-state index in [1.54, 1.807) is 0 Å². The van der Waals surface area contributed by atoms with Crippen molar-refractivity contribution < 1.29 is 13.9 Å². The van der Waals surface area contributed by atoms with Gasteiger partial charge in [-0.25, -0.2) is 9.78 Å². The highest BCUT2D eigenvalue weighted by atomic mass is 19.1. The number of hydrogen-bond donors (Lipinski definition) is 0. The van der Waals surface area contributed by atoms with E-state index in [1.807, 2.05) is 0 Å². The first kappa shape index (κ1) is 12.0. The van der Waals surface area contributed by atoms with E-state index in [0.29, 0.717) is 0 Å². The monoisotopic (exact) mass is 237 g/mol. The molecular weight excluding hydrogens is 221 g/mol. The van der Waals surface area contributed by atoms with E-state index in [0.717, 1.165) is 31.7 Å². The molecule has 1 aromatic rings. The first-order valence-corrected chi connectivity index (χ1v) is 6.08. The minimum atomic E-state index is -0.652. The van der Waals surface area contributed by atoms with Crippen LogP contribution in [0.5, 0.6) is 0 Å². The molecule has 0 aliphatic heterocycles. The fraction of sp³-hybridized carbons (Fsp3) is 0.538. The zero-order chi connectivity index (χ0) is 12.1. The van der Waals surface area contributed by atoms with E-state index in [9.17, 15) is 9.18 Å². The third-order valence-electron chi connectivity index (χ3n) is 3.04. The highest BCUT2D eigenvalue weighted by Crippen LogP contribution is 2.20. The highest BCUT2D eigenvalue weighted by Gasteiger charge is 2.18. The van der Waals surface area contributed by atoms with Crippen LogP contribution in [0.1, 0.15) is 48.9 Å². The lowest BCUT2D eigenvalue weighted by Gasteiger charge is -2.15. The Hall–Kier alpha value is -1.45. The van der Waals surface area contributed by atoms with Crippen LogP contribution >= 0.6 is 0 Å². The molecule has 0 aromatic carbocycles. The highest BCUT2D eigenvalue weighted by molar-refractivity contribution is 5.89. The lowest BCUT2D eigenvalue weighted by Crippen LogP contribution is -2.17. The maximum atomic E-state index is 12.9. The fourth-order valence-electron chi connectivity index (χ4n) is 2.11. The van der Waals surface area contributed by atoms with Crippen LogP contribution in [0.15, 0.2) is 18.3 Å². The lowest BCUT2D eigenvalue weighted by molar-refractivity contribution is 0.0266. The zero-order valence-corrected chi connectivity index (χ0v) is 9.69. The molecule has 0 atom stereocenters. The summed E-state index contributed by atoms with van der Waals surface area (Å²) in [6, 6.07) is 2.58.